The van der Waals surface area contributed by atoms with Gasteiger partial charge in [-0.25, -0.2) is 0 Å². The van der Waals surface area contributed by atoms with Crippen LogP contribution in [-0.4, -0.2) is 18.5 Å². The lowest BCUT2D eigenvalue weighted by Gasteiger charge is -2.49. The average molecular weight is 236 g/mol. The Morgan fingerprint density at radius 1 is 1.06 bits per heavy atom. The number of hydrogen-bond acceptors (Lipinski definition) is 2. The van der Waals surface area contributed by atoms with Gasteiger partial charge in [-0.2, -0.15) is 0 Å². The first-order valence-electron chi connectivity index (χ1n) is 7.46. The normalized spacial score (nSPS) is 32.9. The summed E-state index contributed by atoms with van der Waals surface area (Å²) < 4.78 is 6.10. The van der Waals surface area contributed by atoms with Crippen LogP contribution in [0.2, 0.25) is 0 Å². The van der Waals surface area contributed by atoms with E-state index < -0.39 is 0 Å². The van der Waals surface area contributed by atoms with E-state index in [-0.39, 0.29) is 11.5 Å². The van der Waals surface area contributed by atoms with Gasteiger partial charge in [0.05, 0.1) is 11.5 Å². The largest absolute Gasteiger partial charge is 0.376 e. The molecule has 0 bridgehead atoms. The van der Waals surface area contributed by atoms with Gasteiger partial charge in [-0.1, -0.05) is 32.1 Å². The molecule has 1 atom stereocenters. The van der Waals surface area contributed by atoms with Crippen LogP contribution in [0.1, 0.15) is 64.2 Å². The molecule has 3 saturated carbocycles. The van der Waals surface area contributed by atoms with Crippen LogP contribution in [0.25, 0.3) is 0 Å². The minimum atomic E-state index is -0.0309. The molecule has 3 aliphatic rings. The first-order chi connectivity index (χ1) is 8.31. The van der Waals surface area contributed by atoms with E-state index in [1.807, 2.05) is 0 Å². The smallest absolute Gasteiger partial charge is 0.144 e. The van der Waals surface area contributed by atoms with Gasteiger partial charge >= 0.3 is 0 Å². The Morgan fingerprint density at radius 2 is 1.76 bits per heavy atom. The number of carbonyl (C=O) groups excluding carboxylic acids is 1. The van der Waals surface area contributed by atoms with E-state index in [9.17, 15) is 4.79 Å². The molecule has 0 radical (unpaired) electrons. The summed E-state index contributed by atoms with van der Waals surface area (Å²) in [5.74, 6) is 1.28. The van der Waals surface area contributed by atoms with Gasteiger partial charge in [0.15, 0.2) is 0 Å². The van der Waals surface area contributed by atoms with Crippen LogP contribution in [-0.2, 0) is 9.53 Å². The second-order valence-corrected chi connectivity index (χ2v) is 6.32. The molecule has 96 valence electrons. The monoisotopic (exact) mass is 236 g/mol. The van der Waals surface area contributed by atoms with Gasteiger partial charge < -0.3 is 4.74 Å². The van der Waals surface area contributed by atoms with Crippen LogP contribution in [0.3, 0.4) is 0 Å². The number of hydrogen-bond donors (Lipinski definition) is 0. The lowest BCUT2D eigenvalue weighted by molar-refractivity contribution is -0.170. The maximum absolute atomic E-state index is 11.9. The van der Waals surface area contributed by atoms with Crippen molar-refractivity contribution in [3.8, 4) is 0 Å². The zero-order valence-electron chi connectivity index (χ0n) is 10.7. The molecule has 1 unspecified atom stereocenters. The third-order valence-corrected chi connectivity index (χ3v) is 5.30. The van der Waals surface area contributed by atoms with Crippen LogP contribution >= 0.6 is 0 Å². The summed E-state index contributed by atoms with van der Waals surface area (Å²) in [6, 6.07) is 0. The highest BCUT2D eigenvalue weighted by Gasteiger charge is 2.55. The van der Waals surface area contributed by atoms with Crippen molar-refractivity contribution in [3.63, 3.8) is 0 Å². The van der Waals surface area contributed by atoms with Crippen LogP contribution < -0.4 is 0 Å². The van der Waals surface area contributed by atoms with Crippen molar-refractivity contribution in [3.05, 3.63) is 0 Å². The highest BCUT2D eigenvalue weighted by Crippen LogP contribution is 2.50. The minimum Gasteiger partial charge on any atom is -0.376 e. The molecule has 0 aliphatic heterocycles. The molecular weight excluding hydrogens is 212 g/mol. The maximum Gasteiger partial charge on any atom is 0.144 e. The van der Waals surface area contributed by atoms with Crippen molar-refractivity contribution >= 4 is 5.78 Å². The van der Waals surface area contributed by atoms with E-state index in [0.29, 0.717) is 12.2 Å². The molecule has 0 amide bonds. The zero-order valence-corrected chi connectivity index (χ0v) is 10.7. The molecule has 3 rings (SSSR count). The average Bonchev–Trinajstić information content (AvgIpc) is 2.88. The fourth-order valence-electron chi connectivity index (χ4n) is 4.05. The van der Waals surface area contributed by atoms with Gasteiger partial charge in [0.2, 0.25) is 0 Å². The number of ketones is 1. The van der Waals surface area contributed by atoms with E-state index in [4.69, 9.17) is 4.74 Å². The summed E-state index contributed by atoms with van der Waals surface area (Å²) in [5.41, 5.74) is -0.0309. The second kappa shape index (κ2) is 4.72. The van der Waals surface area contributed by atoms with Gasteiger partial charge in [-0.05, 0) is 31.6 Å². The summed E-state index contributed by atoms with van der Waals surface area (Å²) in [6.07, 6.45) is 12.4. The van der Waals surface area contributed by atoms with Crippen LogP contribution in [0, 0.1) is 11.3 Å². The van der Waals surface area contributed by atoms with Gasteiger partial charge in [0, 0.05) is 13.0 Å². The summed E-state index contributed by atoms with van der Waals surface area (Å²) in [4.78, 5) is 11.9. The quantitative estimate of drug-likeness (QED) is 0.750. The van der Waals surface area contributed by atoms with E-state index in [1.54, 1.807) is 0 Å². The number of ether oxygens (including phenoxy) is 1. The molecule has 3 aliphatic carbocycles. The van der Waals surface area contributed by atoms with Crippen LogP contribution in [0.5, 0.6) is 0 Å². The summed E-state index contributed by atoms with van der Waals surface area (Å²) in [7, 11) is 0. The van der Waals surface area contributed by atoms with E-state index in [1.165, 1.54) is 44.9 Å². The standard InChI is InChI=1S/C15H24O2/c16-13-10-14(15(13)8-4-1-5-9-15)17-11-12-6-2-3-7-12/h12,14H,1-11H2. The Bertz CT molecular complexity index is 285. The molecule has 0 N–H and O–H groups in total. The zero-order chi connectivity index (χ0) is 11.7. The van der Waals surface area contributed by atoms with Crippen molar-refractivity contribution < 1.29 is 9.53 Å². The fourth-order valence-corrected chi connectivity index (χ4v) is 4.05. The summed E-state index contributed by atoms with van der Waals surface area (Å²) in [6.45, 7) is 0.916. The SMILES string of the molecule is O=C1CC(OCC2CCCC2)C12CCCCC2. The first kappa shape index (κ1) is 11.7. The second-order valence-electron chi connectivity index (χ2n) is 6.32. The fraction of sp³-hybridized carbons (Fsp3) is 0.933. The molecule has 0 aromatic rings. The molecule has 0 aromatic carbocycles. The molecule has 3 fully saturated rings. The van der Waals surface area contributed by atoms with Crippen molar-refractivity contribution in [2.45, 2.75) is 70.3 Å². The van der Waals surface area contributed by atoms with Crippen LogP contribution in [0.4, 0.5) is 0 Å². The lowest BCUT2D eigenvalue weighted by atomic mass is 9.57. The summed E-state index contributed by atoms with van der Waals surface area (Å²) >= 11 is 0. The Hall–Kier alpha value is -0.370. The van der Waals surface area contributed by atoms with Gasteiger partial charge in [0.25, 0.3) is 0 Å². The topological polar surface area (TPSA) is 26.3 Å². The molecule has 0 aromatic heterocycles. The Labute approximate surface area is 104 Å². The molecule has 1 spiro atoms. The lowest BCUT2D eigenvalue weighted by Crippen LogP contribution is -2.56. The highest BCUT2D eigenvalue weighted by molar-refractivity contribution is 5.92. The molecule has 2 heteroatoms. The van der Waals surface area contributed by atoms with Gasteiger partial charge in [-0.15, -0.1) is 0 Å². The van der Waals surface area contributed by atoms with Crippen LogP contribution in [0.15, 0.2) is 0 Å². The predicted molar refractivity (Wildman–Crippen MR) is 66.8 cm³/mol. The third-order valence-electron chi connectivity index (χ3n) is 5.30. The number of carbonyl (C=O) groups is 1. The molecular formula is C15H24O2. The van der Waals surface area contributed by atoms with E-state index in [2.05, 4.69) is 0 Å². The summed E-state index contributed by atoms with van der Waals surface area (Å²) in [5, 5.41) is 0. The van der Waals surface area contributed by atoms with Gasteiger partial charge in [-0.3, -0.25) is 4.79 Å². The molecule has 0 saturated heterocycles. The van der Waals surface area contributed by atoms with Crippen molar-refractivity contribution in [1.29, 1.82) is 0 Å². The molecule has 0 heterocycles. The number of Topliss-reactive ketones (excluding diaryl/α,β-unsaturated/α-hetero) is 1. The minimum absolute atomic E-state index is 0.0309. The number of rotatable bonds is 3. The van der Waals surface area contributed by atoms with Crippen molar-refractivity contribution in [2.75, 3.05) is 6.61 Å². The first-order valence-corrected chi connectivity index (χ1v) is 7.46. The third kappa shape index (κ3) is 2.05. The molecule has 2 nitrogen and oxygen atoms in total. The Balaban J connectivity index is 1.54. The van der Waals surface area contributed by atoms with Gasteiger partial charge in [0.1, 0.15) is 5.78 Å². The van der Waals surface area contributed by atoms with E-state index in [0.717, 1.165) is 25.4 Å². The Kier molecular flexibility index (Phi) is 3.25. The molecule has 17 heavy (non-hydrogen) atoms. The Morgan fingerprint density at radius 3 is 2.41 bits per heavy atom. The van der Waals surface area contributed by atoms with E-state index >= 15 is 0 Å². The maximum atomic E-state index is 11.9. The predicted octanol–water partition coefficient (Wildman–Crippen LogP) is 3.49. The van der Waals surface area contributed by atoms with Crippen molar-refractivity contribution in [1.82, 2.24) is 0 Å². The highest BCUT2D eigenvalue weighted by atomic mass is 16.5. The van der Waals surface area contributed by atoms with Crippen molar-refractivity contribution in [2.24, 2.45) is 11.3 Å².